The largest absolute Gasteiger partial charge is 0.0616 e. The van der Waals surface area contributed by atoms with Crippen molar-refractivity contribution in [3.05, 3.63) is 91.0 Å². The molecule has 0 saturated carbocycles. The zero-order chi connectivity index (χ0) is 18.0. The highest BCUT2D eigenvalue weighted by molar-refractivity contribution is 7.28. The van der Waals surface area contributed by atoms with Crippen LogP contribution in [0.15, 0.2) is 91.0 Å². The van der Waals surface area contributed by atoms with Gasteiger partial charge in [-0.3, -0.25) is 0 Å². The van der Waals surface area contributed by atoms with Crippen molar-refractivity contribution in [3.8, 4) is 0 Å². The summed E-state index contributed by atoms with van der Waals surface area (Å²) in [4.78, 5) is 0. The van der Waals surface area contributed by atoms with Crippen molar-refractivity contribution >= 4 is 68.4 Å². The van der Waals surface area contributed by atoms with Gasteiger partial charge in [0.05, 0.1) is 0 Å². The van der Waals surface area contributed by atoms with Crippen molar-refractivity contribution in [3.63, 3.8) is 0 Å². The van der Waals surface area contributed by atoms with Crippen LogP contribution in [0.1, 0.15) is 0 Å². The van der Waals surface area contributed by atoms with E-state index in [1.165, 1.54) is 53.9 Å². The Kier molecular flexibility index (Phi) is 3.10. The van der Waals surface area contributed by atoms with Crippen LogP contribution in [0, 0.1) is 0 Å². The van der Waals surface area contributed by atoms with E-state index < -0.39 is 0 Å². The molecule has 6 aromatic carbocycles. The van der Waals surface area contributed by atoms with Crippen molar-refractivity contribution < 1.29 is 0 Å². The highest BCUT2D eigenvalue weighted by Gasteiger charge is 2.07. The Morgan fingerprint density at radius 2 is 0.889 bits per heavy atom. The summed E-state index contributed by atoms with van der Waals surface area (Å²) in [6.07, 6.45) is 0. The second-order valence-electron chi connectivity index (χ2n) is 7.26. The monoisotopic (exact) mass is 358 g/mol. The molecular weight excluding hydrogens is 343 g/mol. The quantitative estimate of drug-likeness (QED) is 0.150. The molecule has 0 aliphatic rings. The fourth-order valence-electron chi connectivity index (χ4n) is 4.26. The first-order chi connectivity index (χ1) is 13.3. The lowest BCUT2D eigenvalue weighted by Gasteiger charge is -2.10. The third-order valence-electron chi connectivity index (χ3n) is 5.63. The van der Waals surface area contributed by atoms with E-state index in [4.69, 9.17) is 0 Å². The molecule has 0 nitrogen and oxygen atoms in total. The molecule has 0 aliphatic heterocycles. The SMILES string of the molecule is [P]c1cccc2cc3ccc4cc5cc6ccccc6cc5cc4c3cc12. The summed E-state index contributed by atoms with van der Waals surface area (Å²) in [7, 11) is 4.67. The lowest BCUT2D eigenvalue weighted by Crippen LogP contribution is -1.92. The molecule has 0 heterocycles. The molecule has 0 aromatic heterocycles. The molecule has 0 bridgehead atoms. The Bertz CT molecular complexity index is 1530. The molecule has 0 spiro atoms. The van der Waals surface area contributed by atoms with Crippen LogP contribution in [0.4, 0.5) is 0 Å². The van der Waals surface area contributed by atoms with Crippen molar-refractivity contribution in [2.45, 2.75) is 0 Å². The number of rotatable bonds is 0. The van der Waals surface area contributed by atoms with Crippen LogP contribution in [0.5, 0.6) is 0 Å². The van der Waals surface area contributed by atoms with Gasteiger partial charge in [-0.1, -0.05) is 54.6 Å². The fraction of sp³-hybridized carbons (Fsp3) is 0. The Hall–Kier alpha value is -2.95. The summed E-state index contributed by atoms with van der Waals surface area (Å²) in [5, 5.41) is 13.8. The maximum atomic E-state index is 4.67. The van der Waals surface area contributed by atoms with E-state index in [0.29, 0.717) is 0 Å². The molecule has 6 rings (SSSR count). The summed E-state index contributed by atoms with van der Waals surface area (Å²) in [6, 6.07) is 33.1. The number of fused-ring (bicyclic) bond motifs is 6. The maximum absolute atomic E-state index is 4.67. The maximum Gasteiger partial charge on any atom is -0.00495 e. The predicted octanol–water partition coefficient (Wildman–Crippen LogP) is 7.49. The van der Waals surface area contributed by atoms with E-state index in [0.717, 1.165) is 5.30 Å². The molecule has 0 unspecified atom stereocenters. The zero-order valence-corrected chi connectivity index (χ0v) is 15.5. The second kappa shape index (κ2) is 5.52. The zero-order valence-electron chi connectivity index (χ0n) is 14.6. The van der Waals surface area contributed by atoms with Crippen LogP contribution >= 0.6 is 9.24 Å². The van der Waals surface area contributed by atoms with Gasteiger partial charge in [0, 0.05) is 0 Å². The molecule has 0 N–H and O–H groups in total. The summed E-state index contributed by atoms with van der Waals surface area (Å²) in [6.45, 7) is 0. The third kappa shape index (κ3) is 2.27. The fourth-order valence-corrected chi connectivity index (χ4v) is 4.54. The molecule has 1 heteroatoms. The lowest BCUT2D eigenvalue weighted by molar-refractivity contribution is 1.79. The summed E-state index contributed by atoms with van der Waals surface area (Å²) in [5.74, 6) is 0. The molecule has 2 radical (unpaired) electrons. The first kappa shape index (κ1) is 15.1. The average Bonchev–Trinajstić information content (AvgIpc) is 2.70. The van der Waals surface area contributed by atoms with Crippen LogP contribution in [0.2, 0.25) is 0 Å². The Morgan fingerprint density at radius 1 is 0.370 bits per heavy atom. The minimum Gasteiger partial charge on any atom is -0.0616 e. The van der Waals surface area contributed by atoms with E-state index >= 15 is 0 Å². The number of benzene rings is 6. The Labute approximate surface area is 159 Å². The Balaban J connectivity index is 1.78. The highest BCUT2D eigenvalue weighted by Crippen LogP contribution is 2.33. The molecule has 6 aromatic rings. The number of hydrogen-bond donors (Lipinski definition) is 0. The van der Waals surface area contributed by atoms with E-state index in [9.17, 15) is 0 Å². The van der Waals surface area contributed by atoms with Gasteiger partial charge < -0.3 is 0 Å². The number of hydrogen-bond acceptors (Lipinski definition) is 0. The van der Waals surface area contributed by atoms with Gasteiger partial charge in [-0.25, -0.2) is 0 Å². The van der Waals surface area contributed by atoms with Gasteiger partial charge in [0.15, 0.2) is 0 Å². The normalized spacial score (nSPS) is 11.9. The lowest BCUT2D eigenvalue weighted by atomic mass is 9.95. The van der Waals surface area contributed by atoms with Crippen LogP contribution in [-0.2, 0) is 0 Å². The van der Waals surface area contributed by atoms with Crippen LogP contribution < -0.4 is 5.30 Å². The van der Waals surface area contributed by atoms with Gasteiger partial charge in [-0.2, -0.15) is 0 Å². The third-order valence-corrected chi connectivity index (χ3v) is 6.02. The molecule has 0 aliphatic carbocycles. The topological polar surface area (TPSA) is 0 Å². The second-order valence-corrected chi connectivity index (χ2v) is 7.74. The smallest absolute Gasteiger partial charge is 0.00495 e. The standard InChI is InChI=1S/C26H15P/c27-26-7-3-6-18-12-19-8-9-20-13-21-10-16-4-1-2-5-17(16)11-22(21)14-23(20)24(19)15-25(18)26/h1-15H. The van der Waals surface area contributed by atoms with Gasteiger partial charge in [0.25, 0.3) is 0 Å². The highest BCUT2D eigenvalue weighted by atomic mass is 31.0. The summed E-state index contributed by atoms with van der Waals surface area (Å²) < 4.78 is 0. The van der Waals surface area contributed by atoms with Gasteiger partial charge >= 0.3 is 0 Å². The molecule has 0 amide bonds. The first-order valence-electron chi connectivity index (χ1n) is 9.17. The molecule has 0 fully saturated rings. The van der Waals surface area contributed by atoms with E-state index in [2.05, 4.69) is 100 Å². The molecule has 0 atom stereocenters. The minimum absolute atomic E-state index is 1.03. The molecule has 0 saturated heterocycles. The van der Waals surface area contributed by atoms with Crippen LogP contribution in [-0.4, -0.2) is 0 Å². The Morgan fingerprint density at radius 3 is 1.63 bits per heavy atom. The summed E-state index contributed by atoms with van der Waals surface area (Å²) >= 11 is 0. The van der Waals surface area contributed by atoms with Gasteiger partial charge in [0.1, 0.15) is 0 Å². The van der Waals surface area contributed by atoms with E-state index in [1.54, 1.807) is 0 Å². The minimum atomic E-state index is 1.03. The van der Waals surface area contributed by atoms with Crippen molar-refractivity contribution in [1.29, 1.82) is 0 Å². The first-order valence-corrected chi connectivity index (χ1v) is 9.62. The summed E-state index contributed by atoms with van der Waals surface area (Å²) in [5.41, 5.74) is 0. The van der Waals surface area contributed by atoms with E-state index in [1.807, 2.05) is 0 Å². The van der Waals surface area contributed by atoms with Gasteiger partial charge in [0.2, 0.25) is 0 Å². The van der Waals surface area contributed by atoms with Crippen LogP contribution in [0.3, 0.4) is 0 Å². The predicted molar refractivity (Wildman–Crippen MR) is 121 cm³/mol. The van der Waals surface area contributed by atoms with E-state index in [-0.39, 0.29) is 0 Å². The van der Waals surface area contributed by atoms with Crippen LogP contribution in [0.25, 0.3) is 53.9 Å². The van der Waals surface area contributed by atoms with Crippen molar-refractivity contribution in [2.75, 3.05) is 0 Å². The molecule has 27 heavy (non-hydrogen) atoms. The average molecular weight is 358 g/mol. The van der Waals surface area contributed by atoms with Crippen molar-refractivity contribution in [2.24, 2.45) is 0 Å². The van der Waals surface area contributed by atoms with Crippen molar-refractivity contribution in [1.82, 2.24) is 0 Å². The van der Waals surface area contributed by atoms with Gasteiger partial charge in [-0.15, -0.1) is 0 Å². The molecule has 124 valence electrons. The molecular formula is C26H15P. The van der Waals surface area contributed by atoms with Gasteiger partial charge in [-0.05, 0) is 105 Å².